The van der Waals surface area contributed by atoms with Crippen LogP contribution >= 0.6 is 15.9 Å². The van der Waals surface area contributed by atoms with Crippen molar-refractivity contribution in [3.05, 3.63) is 68.4 Å². The van der Waals surface area contributed by atoms with E-state index < -0.39 is 14.9 Å². The van der Waals surface area contributed by atoms with Crippen LogP contribution in [0.4, 0.5) is 5.69 Å². The van der Waals surface area contributed by atoms with Gasteiger partial charge in [-0.05, 0) is 24.6 Å². The van der Waals surface area contributed by atoms with Crippen LogP contribution in [0.15, 0.2) is 57.2 Å². The van der Waals surface area contributed by atoms with Gasteiger partial charge in [-0.25, -0.2) is 9.35 Å². The van der Waals surface area contributed by atoms with Crippen molar-refractivity contribution in [2.24, 2.45) is 5.10 Å². The van der Waals surface area contributed by atoms with Gasteiger partial charge in [-0.15, -0.1) is 0 Å². The minimum atomic E-state index is -4.05. The summed E-state index contributed by atoms with van der Waals surface area (Å²) in [5.74, 6) is 0. The van der Waals surface area contributed by atoms with Crippen LogP contribution in [-0.4, -0.2) is 29.2 Å². The standard InChI is InChI=1S/C15H12BrN5O4S/c1-10-2-3-13(21(22)23)7-15(10)26(24,25)19-17-8-11-9-18-20-5-4-12(16)6-14(11)20/h2-9,19H,1H3/b17-8-. The van der Waals surface area contributed by atoms with Crippen LogP contribution in [0.5, 0.6) is 0 Å². The fourth-order valence-electron chi connectivity index (χ4n) is 2.28. The highest BCUT2D eigenvalue weighted by molar-refractivity contribution is 9.10. The lowest BCUT2D eigenvalue weighted by atomic mass is 10.2. The van der Waals surface area contributed by atoms with Gasteiger partial charge in [-0.2, -0.15) is 18.6 Å². The predicted molar refractivity (Wildman–Crippen MR) is 98.6 cm³/mol. The molecular formula is C15H12BrN5O4S. The average molecular weight is 438 g/mol. The molecule has 0 aliphatic carbocycles. The number of nitrogens with one attached hydrogen (secondary N) is 1. The molecule has 0 bridgehead atoms. The third kappa shape index (κ3) is 3.58. The molecule has 2 aromatic heterocycles. The molecule has 0 unspecified atom stereocenters. The Bertz CT molecular complexity index is 1140. The number of nitro benzene ring substituents is 1. The highest BCUT2D eigenvalue weighted by atomic mass is 79.9. The van der Waals surface area contributed by atoms with Crippen molar-refractivity contribution in [2.75, 3.05) is 0 Å². The van der Waals surface area contributed by atoms with Gasteiger partial charge in [-0.1, -0.05) is 22.0 Å². The molecule has 0 amide bonds. The van der Waals surface area contributed by atoms with E-state index in [-0.39, 0.29) is 10.6 Å². The number of non-ortho nitro benzene ring substituents is 1. The number of sulfonamides is 1. The van der Waals surface area contributed by atoms with E-state index in [1.54, 1.807) is 17.6 Å². The van der Waals surface area contributed by atoms with Gasteiger partial charge in [0, 0.05) is 28.4 Å². The van der Waals surface area contributed by atoms with E-state index in [1.807, 2.05) is 12.1 Å². The molecule has 0 aliphatic rings. The summed E-state index contributed by atoms with van der Waals surface area (Å²) in [6, 6.07) is 7.25. The fourth-order valence-corrected chi connectivity index (χ4v) is 3.67. The molecule has 134 valence electrons. The SMILES string of the molecule is Cc1ccc([N+](=O)[O-])cc1S(=O)(=O)N/N=C\c1cnn2ccc(Br)cc12. The number of pyridine rings is 1. The molecule has 0 fully saturated rings. The zero-order valence-corrected chi connectivity index (χ0v) is 15.7. The highest BCUT2D eigenvalue weighted by Crippen LogP contribution is 2.21. The number of rotatable bonds is 5. The number of hydrazone groups is 1. The van der Waals surface area contributed by atoms with Gasteiger partial charge in [-0.3, -0.25) is 10.1 Å². The van der Waals surface area contributed by atoms with Gasteiger partial charge in [0.2, 0.25) is 0 Å². The molecule has 3 rings (SSSR count). The quantitative estimate of drug-likeness (QED) is 0.373. The Labute approximate surface area is 156 Å². The molecule has 1 N–H and O–H groups in total. The molecular weight excluding hydrogens is 426 g/mol. The first-order chi connectivity index (χ1) is 12.3. The zero-order valence-electron chi connectivity index (χ0n) is 13.3. The van der Waals surface area contributed by atoms with E-state index in [0.29, 0.717) is 11.1 Å². The number of aryl methyl sites for hydroxylation is 1. The Morgan fingerprint density at radius 2 is 2.12 bits per heavy atom. The van der Waals surface area contributed by atoms with Gasteiger partial charge in [0.1, 0.15) is 0 Å². The second kappa shape index (κ2) is 6.84. The number of hydrogen-bond acceptors (Lipinski definition) is 6. The topological polar surface area (TPSA) is 119 Å². The minimum absolute atomic E-state index is 0.202. The van der Waals surface area contributed by atoms with Gasteiger partial charge >= 0.3 is 0 Å². The maximum absolute atomic E-state index is 12.4. The Kier molecular flexibility index (Phi) is 4.74. The zero-order chi connectivity index (χ0) is 18.9. The summed E-state index contributed by atoms with van der Waals surface area (Å²) in [5.41, 5.74) is 1.39. The first-order valence-electron chi connectivity index (χ1n) is 7.21. The van der Waals surface area contributed by atoms with E-state index in [0.717, 1.165) is 16.1 Å². The number of halogens is 1. The third-order valence-corrected chi connectivity index (χ3v) is 5.42. The summed E-state index contributed by atoms with van der Waals surface area (Å²) >= 11 is 3.36. The Morgan fingerprint density at radius 1 is 1.35 bits per heavy atom. The largest absolute Gasteiger partial charge is 0.277 e. The summed E-state index contributed by atoms with van der Waals surface area (Å²) in [6.07, 6.45) is 4.60. The summed E-state index contributed by atoms with van der Waals surface area (Å²) in [4.78, 5) is 12.1. The summed E-state index contributed by atoms with van der Waals surface area (Å²) in [7, 11) is -4.05. The summed E-state index contributed by atoms with van der Waals surface area (Å²) < 4.78 is 27.3. The maximum atomic E-state index is 12.4. The molecule has 26 heavy (non-hydrogen) atoms. The highest BCUT2D eigenvalue weighted by Gasteiger charge is 2.20. The monoisotopic (exact) mass is 437 g/mol. The van der Waals surface area contributed by atoms with Crippen LogP contribution in [0.1, 0.15) is 11.1 Å². The van der Waals surface area contributed by atoms with Crippen molar-refractivity contribution in [3.63, 3.8) is 0 Å². The minimum Gasteiger partial charge on any atom is -0.258 e. The number of nitrogens with zero attached hydrogens (tertiary/aromatic N) is 4. The predicted octanol–water partition coefficient (Wildman–Crippen LogP) is 2.63. The van der Waals surface area contributed by atoms with Crippen molar-refractivity contribution < 1.29 is 13.3 Å². The number of aromatic nitrogens is 2. The molecule has 0 radical (unpaired) electrons. The summed E-state index contributed by atoms with van der Waals surface area (Å²) in [6.45, 7) is 1.55. The van der Waals surface area contributed by atoms with Crippen LogP contribution in [0.3, 0.4) is 0 Å². The average Bonchev–Trinajstić information content (AvgIpc) is 2.97. The lowest BCUT2D eigenvalue weighted by Crippen LogP contribution is -2.19. The lowest BCUT2D eigenvalue weighted by molar-refractivity contribution is -0.385. The number of benzene rings is 1. The first-order valence-corrected chi connectivity index (χ1v) is 9.48. The Hall–Kier alpha value is -2.79. The number of nitro groups is 1. The van der Waals surface area contributed by atoms with Gasteiger partial charge in [0.05, 0.1) is 27.7 Å². The molecule has 0 aliphatic heterocycles. The van der Waals surface area contributed by atoms with E-state index in [9.17, 15) is 18.5 Å². The number of fused-ring (bicyclic) bond motifs is 1. The Morgan fingerprint density at radius 3 is 2.85 bits per heavy atom. The Balaban J connectivity index is 1.88. The van der Waals surface area contributed by atoms with Crippen molar-refractivity contribution in [1.82, 2.24) is 14.4 Å². The maximum Gasteiger partial charge on any atom is 0.277 e. The molecule has 0 saturated heterocycles. The van der Waals surface area contributed by atoms with Gasteiger partial charge < -0.3 is 0 Å². The van der Waals surface area contributed by atoms with Crippen LogP contribution in [0.25, 0.3) is 5.52 Å². The van der Waals surface area contributed by atoms with Crippen LogP contribution in [-0.2, 0) is 10.0 Å². The van der Waals surface area contributed by atoms with Crippen LogP contribution in [0, 0.1) is 17.0 Å². The third-order valence-electron chi connectivity index (χ3n) is 3.56. The van der Waals surface area contributed by atoms with Crippen molar-refractivity contribution >= 4 is 43.4 Å². The van der Waals surface area contributed by atoms with E-state index >= 15 is 0 Å². The first kappa shape index (κ1) is 18.0. The molecule has 9 nitrogen and oxygen atoms in total. The summed E-state index contributed by atoms with van der Waals surface area (Å²) in [5, 5.41) is 18.7. The fraction of sp³-hybridized carbons (Fsp3) is 0.0667. The second-order valence-corrected chi connectivity index (χ2v) is 7.88. The van der Waals surface area contributed by atoms with Gasteiger partial charge in [0.15, 0.2) is 0 Å². The molecule has 3 aromatic rings. The van der Waals surface area contributed by atoms with Crippen molar-refractivity contribution in [2.45, 2.75) is 11.8 Å². The van der Waals surface area contributed by atoms with E-state index in [2.05, 4.69) is 31.0 Å². The molecule has 0 spiro atoms. The van der Waals surface area contributed by atoms with Crippen molar-refractivity contribution in [3.8, 4) is 0 Å². The van der Waals surface area contributed by atoms with E-state index in [1.165, 1.54) is 24.5 Å². The second-order valence-electron chi connectivity index (χ2n) is 5.33. The molecule has 2 heterocycles. The molecule has 0 saturated carbocycles. The van der Waals surface area contributed by atoms with E-state index in [4.69, 9.17) is 0 Å². The molecule has 0 atom stereocenters. The number of hydrogen-bond donors (Lipinski definition) is 1. The van der Waals surface area contributed by atoms with Crippen LogP contribution in [0.2, 0.25) is 0 Å². The smallest absolute Gasteiger partial charge is 0.258 e. The van der Waals surface area contributed by atoms with Gasteiger partial charge in [0.25, 0.3) is 15.7 Å². The normalized spacial score (nSPS) is 11.9. The lowest BCUT2D eigenvalue weighted by Gasteiger charge is -2.06. The molecule has 11 heteroatoms. The van der Waals surface area contributed by atoms with Crippen molar-refractivity contribution in [1.29, 1.82) is 0 Å². The molecule has 1 aromatic carbocycles. The van der Waals surface area contributed by atoms with Crippen LogP contribution < -0.4 is 4.83 Å².